The molecule has 8 nitrogen and oxygen atoms in total. The van der Waals surface area contributed by atoms with Crippen LogP contribution in [-0.4, -0.2) is 52.9 Å². The zero-order valence-corrected chi connectivity index (χ0v) is 17.9. The van der Waals surface area contributed by atoms with E-state index >= 15 is 0 Å². The maximum Gasteiger partial charge on any atom is 0.251 e. The zero-order chi connectivity index (χ0) is 21.6. The lowest BCUT2D eigenvalue weighted by Gasteiger charge is -2.21. The van der Waals surface area contributed by atoms with E-state index in [-0.39, 0.29) is 5.91 Å². The molecule has 0 unspecified atom stereocenters. The van der Waals surface area contributed by atoms with E-state index in [2.05, 4.69) is 25.0 Å². The zero-order valence-electron chi connectivity index (χ0n) is 17.9. The lowest BCUT2D eigenvalue weighted by molar-refractivity contribution is 0.0949. The van der Waals surface area contributed by atoms with Gasteiger partial charge in [-0.15, -0.1) is 10.2 Å². The van der Waals surface area contributed by atoms with Crippen molar-refractivity contribution in [3.63, 3.8) is 0 Å². The Balaban J connectivity index is 1.38. The molecule has 2 heterocycles. The third-order valence-corrected chi connectivity index (χ3v) is 5.53. The van der Waals surface area contributed by atoms with Gasteiger partial charge in [-0.25, -0.2) is 0 Å². The third-order valence-electron chi connectivity index (χ3n) is 5.53. The predicted octanol–water partition coefficient (Wildman–Crippen LogP) is 2.28. The van der Waals surface area contributed by atoms with E-state index in [1.54, 1.807) is 26.4 Å². The number of carbonyl (C=O) groups is 1. The number of carbonyl (C=O) groups excluding carboxylic acids is 1. The highest BCUT2D eigenvalue weighted by atomic mass is 16.5. The number of fused-ring (bicyclic) bond motifs is 1. The van der Waals surface area contributed by atoms with Crippen molar-refractivity contribution in [2.45, 2.75) is 26.1 Å². The first-order valence-electron chi connectivity index (χ1n) is 10.4. The second-order valence-electron chi connectivity index (χ2n) is 7.44. The number of nitrogens with one attached hydrogen (secondary N) is 1. The van der Waals surface area contributed by atoms with Crippen LogP contribution in [0.1, 0.15) is 27.6 Å². The van der Waals surface area contributed by atoms with Gasteiger partial charge in [0.05, 0.1) is 20.8 Å². The molecule has 0 bridgehead atoms. The van der Waals surface area contributed by atoms with Gasteiger partial charge in [0.1, 0.15) is 17.3 Å². The van der Waals surface area contributed by atoms with E-state index in [4.69, 9.17) is 9.47 Å². The molecule has 0 fully saturated rings. The standard InChI is InChI=1S/C23H27N5O3/c1-30-19-9-8-18(20(14-19)31-2)16-27-11-10-21-25-26-22(28(21)13-12-27)15-24-23(29)17-6-4-3-5-7-17/h3-9,14H,10-13,15-16H2,1-2H3,(H,24,29). The largest absolute Gasteiger partial charge is 0.497 e. The maximum absolute atomic E-state index is 12.3. The smallest absolute Gasteiger partial charge is 0.251 e. The number of methoxy groups -OCH3 is 2. The van der Waals surface area contributed by atoms with Crippen molar-refractivity contribution in [3.05, 3.63) is 71.3 Å². The summed E-state index contributed by atoms with van der Waals surface area (Å²) in [6.07, 6.45) is 0.804. The summed E-state index contributed by atoms with van der Waals surface area (Å²) < 4.78 is 13.0. The number of ether oxygens (including phenoxy) is 2. The highest BCUT2D eigenvalue weighted by molar-refractivity contribution is 5.93. The molecule has 0 spiro atoms. The van der Waals surface area contributed by atoms with E-state index in [1.165, 1.54) is 0 Å². The number of hydrogen-bond acceptors (Lipinski definition) is 6. The van der Waals surface area contributed by atoms with Gasteiger partial charge in [0.2, 0.25) is 0 Å². The minimum atomic E-state index is -0.111. The van der Waals surface area contributed by atoms with Gasteiger partial charge in [0.15, 0.2) is 5.82 Å². The molecule has 0 atom stereocenters. The minimum Gasteiger partial charge on any atom is -0.497 e. The number of benzene rings is 2. The average Bonchev–Trinajstić information content (AvgIpc) is 3.10. The van der Waals surface area contributed by atoms with Crippen LogP contribution in [-0.2, 0) is 26.1 Å². The summed E-state index contributed by atoms with van der Waals surface area (Å²) in [5.74, 6) is 3.23. The van der Waals surface area contributed by atoms with Crippen LogP contribution in [0.3, 0.4) is 0 Å². The second-order valence-corrected chi connectivity index (χ2v) is 7.44. The normalized spacial score (nSPS) is 13.9. The van der Waals surface area contributed by atoms with Gasteiger partial charge in [0, 0.05) is 49.8 Å². The van der Waals surface area contributed by atoms with Crippen LogP contribution in [0.4, 0.5) is 0 Å². The fourth-order valence-corrected chi connectivity index (χ4v) is 3.79. The summed E-state index contributed by atoms with van der Waals surface area (Å²) in [6, 6.07) is 15.1. The molecule has 1 N–H and O–H groups in total. The van der Waals surface area contributed by atoms with Crippen LogP contribution in [0.25, 0.3) is 0 Å². The van der Waals surface area contributed by atoms with Crippen molar-refractivity contribution in [2.24, 2.45) is 0 Å². The fourth-order valence-electron chi connectivity index (χ4n) is 3.79. The van der Waals surface area contributed by atoms with Crippen LogP contribution in [0.2, 0.25) is 0 Å². The van der Waals surface area contributed by atoms with Crippen LogP contribution < -0.4 is 14.8 Å². The molecule has 0 radical (unpaired) electrons. The van der Waals surface area contributed by atoms with Gasteiger partial charge in [-0.1, -0.05) is 24.3 Å². The first kappa shape index (κ1) is 20.9. The highest BCUT2D eigenvalue weighted by Crippen LogP contribution is 2.26. The number of rotatable bonds is 7. The molecular weight excluding hydrogens is 394 g/mol. The van der Waals surface area contributed by atoms with Gasteiger partial charge in [0.25, 0.3) is 5.91 Å². The van der Waals surface area contributed by atoms with E-state index in [9.17, 15) is 4.79 Å². The van der Waals surface area contributed by atoms with Crippen molar-refractivity contribution in [3.8, 4) is 11.5 Å². The number of nitrogens with zero attached hydrogens (tertiary/aromatic N) is 4. The molecule has 4 rings (SSSR count). The van der Waals surface area contributed by atoms with E-state index in [0.29, 0.717) is 12.1 Å². The molecule has 1 aromatic heterocycles. The summed E-state index contributed by atoms with van der Waals surface area (Å²) in [7, 11) is 3.33. The van der Waals surface area contributed by atoms with Crippen LogP contribution in [0.15, 0.2) is 48.5 Å². The van der Waals surface area contributed by atoms with Crippen LogP contribution in [0, 0.1) is 0 Å². The van der Waals surface area contributed by atoms with Gasteiger partial charge >= 0.3 is 0 Å². The Morgan fingerprint density at radius 3 is 2.65 bits per heavy atom. The number of hydrogen-bond donors (Lipinski definition) is 1. The lowest BCUT2D eigenvalue weighted by atomic mass is 10.1. The minimum absolute atomic E-state index is 0.111. The van der Waals surface area contributed by atoms with E-state index < -0.39 is 0 Å². The molecule has 3 aromatic rings. The average molecular weight is 422 g/mol. The number of amides is 1. The van der Waals surface area contributed by atoms with E-state index in [1.807, 2.05) is 36.4 Å². The van der Waals surface area contributed by atoms with Crippen molar-refractivity contribution in [1.29, 1.82) is 0 Å². The molecule has 0 saturated carbocycles. The Morgan fingerprint density at radius 2 is 1.87 bits per heavy atom. The summed E-state index contributed by atoms with van der Waals surface area (Å²) in [5, 5.41) is 11.6. The molecule has 1 amide bonds. The van der Waals surface area contributed by atoms with Crippen LogP contribution >= 0.6 is 0 Å². The molecular formula is C23H27N5O3. The topological polar surface area (TPSA) is 81.5 Å². The van der Waals surface area contributed by atoms with Crippen molar-refractivity contribution >= 4 is 5.91 Å². The fraction of sp³-hybridized carbons (Fsp3) is 0.348. The molecule has 162 valence electrons. The van der Waals surface area contributed by atoms with Gasteiger partial charge in [-0.2, -0.15) is 0 Å². The Bertz CT molecular complexity index is 1030. The van der Waals surface area contributed by atoms with Crippen molar-refractivity contribution < 1.29 is 14.3 Å². The lowest BCUT2D eigenvalue weighted by Crippen LogP contribution is -2.28. The molecule has 2 aromatic carbocycles. The van der Waals surface area contributed by atoms with Gasteiger partial charge in [-0.3, -0.25) is 9.69 Å². The SMILES string of the molecule is COc1ccc(CN2CCc3nnc(CNC(=O)c4ccccc4)n3CC2)c(OC)c1. The first-order chi connectivity index (χ1) is 15.2. The van der Waals surface area contributed by atoms with Crippen LogP contribution in [0.5, 0.6) is 11.5 Å². The summed E-state index contributed by atoms with van der Waals surface area (Å²) in [5.41, 5.74) is 1.76. The molecule has 0 aliphatic carbocycles. The first-order valence-corrected chi connectivity index (χ1v) is 10.4. The number of aromatic nitrogens is 3. The Morgan fingerprint density at radius 1 is 1.03 bits per heavy atom. The third kappa shape index (κ3) is 4.86. The molecule has 1 aliphatic rings. The van der Waals surface area contributed by atoms with Crippen molar-refractivity contribution in [1.82, 2.24) is 25.0 Å². The molecule has 8 heteroatoms. The molecule has 0 saturated heterocycles. The maximum atomic E-state index is 12.3. The summed E-state index contributed by atoms with van der Waals surface area (Å²) >= 11 is 0. The highest BCUT2D eigenvalue weighted by Gasteiger charge is 2.20. The van der Waals surface area contributed by atoms with Crippen molar-refractivity contribution in [2.75, 3.05) is 27.3 Å². The second kappa shape index (κ2) is 9.61. The Kier molecular flexibility index (Phi) is 6.47. The Hall–Kier alpha value is -3.39. The van der Waals surface area contributed by atoms with E-state index in [0.717, 1.165) is 61.3 Å². The van der Waals surface area contributed by atoms with Gasteiger partial charge < -0.3 is 19.4 Å². The monoisotopic (exact) mass is 421 g/mol. The summed E-state index contributed by atoms with van der Waals surface area (Å²) in [4.78, 5) is 14.7. The van der Waals surface area contributed by atoms with Gasteiger partial charge in [-0.05, 0) is 18.2 Å². The molecule has 1 aliphatic heterocycles. The quantitative estimate of drug-likeness (QED) is 0.630. The molecule has 31 heavy (non-hydrogen) atoms. The summed E-state index contributed by atoms with van der Waals surface area (Å²) in [6.45, 7) is 3.65. The predicted molar refractivity (Wildman–Crippen MR) is 116 cm³/mol. The Labute approximate surface area is 181 Å².